The van der Waals surface area contributed by atoms with Crippen LogP contribution in [0.25, 0.3) is 0 Å². The number of piperidine rings is 1. The first kappa shape index (κ1) is 16.0. The molecule has 2 aliphatic rings. The third-order valence-electron chi connectivity index (χ3n) is 5.03. The number of amides is 1. The first-order valence-electron chi connectivity index (χ1n) is 8.23. The molecule has 1 aromatic rings. The van der Waals surface area contributed by atoms with Gasteiger partial charge in [0.2, 0.25) is 0 Å². The van der Waals surface area contributed by atoms with Crippen LogP contribution in [-0.2, 0) is 11.8 Å². The molecule has 1 N–H and O–H groups in total. The molecule has 0 saturated carbocycles. The molecule has 2 unspecified atom stereocenters. The van der Waals surface area contributed by atoms with Crippen LogP contribution >= 0.6 is 0 Å². The van der Waals surface area contributed by atoms with Gasteiger partial charge in [0, 0.05) is 31.2 Å². The number of aromatic nitrogens is 2. The van der Waals surface area contributed by atoms with Crippen LogP contribution in [0, 0.1) is 0 Å². The fraction of sp³-hybridized carbons (Fsp3) is 0.688. The molecular weight excluding hydrogens is 296 g/mol. The molecule has 1 aromatic heterocycles. The first-order chi connectivity index (χ1) is 11.0. The van der Waals surface area contributed by atoms with E-state index in [9.17, 15) is 9.59 Å². The molecule has 2 saturated heterocycles. The zero-order valence-corrected chi connectivity index (χ0v) is 13.9. The minimum Gasteiger partial charge on any atom is -0.461 e. The average molecular weight is 320 g/mol. The van der Waals surface area contributed by atoms with Crippen LogP contribution in [0.5, 0.6) is 0 Å². The van der Waals surface area contributed by atoms with Gasteiger partial charge in [-0.15, -0.1) is 0 Å². The molecular formula is C16H24N4O3. The zero-order valence-electron chi connectivity index (χ0n) is 13.9. The minimum atomic E-state index is -0.459. The van der Waals surface area contributed by atoms with Crippen LogP contribution in [-0.4, -0.2) is 58.3 Å². The summed E-state index contributed by atoms with van der Waals surface area (Å²) in [5.41, 5.74) is 0.558. The second kappa shape index (κ2) is 6.31. The minimum absolute atomic E-state index is 0.184. The maximum Gasteiger partial charge on any atom is 0.356 e. The Hall–Kier alpha value is -1.89. The van der Waals surface area contributed by atoms with E-state index in [-0.39, 0.29) is 17.6 Å². The SMILES string of the molecule is CCOC(=O)c1cc(C(=O)NC2CC3CCC(C2)N3C)nn1C. The van der Waals surface area contributed by atoms with Gasteiger partial charge in [-0.1, -0.05) is 0 Å². The van der Waals surface area contributed by atoms with Crippen molar-refractivity contribution in [1.29, 1.82) is 0 Å². The van der Waals surface area contributed by atoms with E-state index in [0.717, 1.165) is 12.8 Å². The molecule has 2 aliphatic heterocycles. The van der Waals surface area contributed by atoms with Gasteiger partial charge in [0.1, 0.15) is 5.69 Å². The maximum absolute atomic E-state index is 12.4. The van der Waals surface area contributed by atoms with E-state index in [1.54, 1.807) is 14.0 Å². The van der Waals surface area contributed by atoms with E-state index >= 15 is 0 Å². The van der Waals surface area contributed by atoms with Gasteiger partial charge in [0.25, 0.3) is 5.91 Å². The Morgan fingerprint density at radius 1 is 1.30 bits per heavy atom. The highest BCUT2D eigenvalue weighted by atomic mass is 16.5. The summed E-state index contributed by atoms with van der Waals surface area (Å²) in [7, 11) is 3.81. The number of fused-ring (bicyclic) bond motifs is 2. The number of nitrogens with zero attached hydrogens (tertiary/aromatic N) is 3. The van der Waals surface area contributed by atoms with Crippen molar-refractivity contribution in [2.24, 2.45) is 7.05 Å². The van der Waals surface area contributed by atoms with Crippen LogP contribution in [0.4, 0.5) is 0 Å². The van der Waals surface area contributed by atoms with Gasteiger partial charge in [-0.25, -0.2) is 4.79 Å². The highest BCUT2D eigenvalue weighted by Crippen LogP contribution is 2.34. The second-order valence-corrected chi connectivity index (χ2v) is 6.45. The van der Waals surface area contributed by atoms with Crippen LogP contribution in [0.3, 0.4) is 0 Å². The Morgan fingerprint density at radius 2 is 1.96 bits per heavy atom. The zero-order chi connectivity index (χ0) is 16.6. The van der Waals surface area contributed by atoms with Gasteiger partial charge in [0.05, 0.1) is 6.61 Å². The normalized spacial score (nSPS) is 27.0. The summed E-state index contributed by atoms with van der Waals surface area (Å²) in [5.74, 6) is -0.677. The van der Waals surface area contributed by atoms with Crippen molar-refractivity contribution in [2.45, 2.75) is 50.7 Å². The Balaban J connectivity index is 1.65. The van der Waals surface area contributed by atoms with Gasteiger partial charge in [-0.2, -0.15) is 5.10 Å². The van der Waals surface area contributed by atoms with E-state index in [0.29, 0.717) is 24.4 Å². The number of nitrogens with one attached hydrogen (secondary N) is 1. The Bertz CT molecular complexity index is 598. The average Bonchev–Trinajstić information content (AvgIpc) is 2.97. The summed E-state index contributed by atoms with van der Waals surface area (Å²) < 4.78 is 6.36. The largest absolute Gasteiger partial charge is 0.461 e. The number of rotatable bonds is 4. The Kier molecular flexibility index (Phi) is 4.39. The predicted octanol–water partition coefficient (Wildman–Crippen LogP) is 0.952. The number of carbonyl (C=O) groups excluding carboxylic acids is 2. The van der Waals surface area contributed by atoms with Crippen molar-refractivity contribution in [3.63, 3.8) is 0 Å². The third-order valence-corrected chi connectivity index (χ3v) is 5.03. The standard InChI is InChI=1S/C16H24N4O3/c1-4-23-16(22)14-9-13(18-20(14)3)15(21)17-10-7-11-5-6-12(8-10)19(11)2/h9-12H,4-8H2,1-3H3,(H,17,21). The predicted molar refractivity (Wildman–Crippen MR) is 84.2 cm³/mol. The Labute approximate surface area is 136 Å². The maximum atomic E-state index is 12.4. The molecule has 2 atom stereocenters. The highest BCUT2D eigenvalue weighted by Gasteiger charge is 2.39. The van der Waals surface area contributed by atoms with Gasteiger partial charge in [-0.05, 0) is 39.7 Å². The van der Waals surface area contributed by atoms with Crippen molar-refractivity contribution in [3.05, 3.63) is 17.5 Å². The van der Waals surface area contributed by atoms with Crippen molar-refractivity contribution in [3.8, 4) is 0 Å². The van der Waals surface area contributed by atoms with Crippen LogP contribution in [0.1, 0.15) is 53.6 Å². The molecule has 7 heteroatoms. The first-order valence-corrected chi connectivity index (χ1v) is 8.23. The molecule has 2 fully saturated rings. The van der Waals surface area contributed by atoms with E-state index < -0.39 is 5.97 Å². The lowest BCUT2D eigenvalue weighted by Crippen LogP contribution is -2.48. The van der Waals surface area contributed by atoms with Gasteiger partial charge in [0.15, 0.2) is 5.69 Å². The fourth-order valence-corrected chi connectivity index (χ4v) is 3.76. The topological polar surface area (TPSA) is 76.5 Å². The molecule has 0 aromatic carbocycles. The van der Waals surface area contributed by atoms with E-state index in [4.69, 9.17) is 4.74 Å². The van der Waals surface area contributed by atoms with Crippen molar-refractivity contribution in [2.75, 3.05) is 13.7 Å². The van der Waals surface area contributed by atoms with Gasteiger partial charge < -0.3 is 15.0 Å². The van der Waals surface area contributed by atoms with Crippen molar-refractivity contribution >= 4 is 11.9 Å². The molecule has 3 heterocycles. The monoisotopic (exact) mass is 320 g/mol. The lowest BCUT2D eigenvalue weighted by Gasteiger charge is -2.36. The second-order valence-electron chi connectivity index (χ2n) is 6.45. The third kappa shape index (κ3) is 3.10. The fourth-order valence-electron chi connectivity index (χ4n) is 3.76. The molecule has 3 rings (SSSR count). The summed E-state index contributed by atoms with van der Waals surface area (Å²) in [5, 5.41) is 7.22. The lowest BCUT2D eigenvalue weighted by atomic mass is 9.98. The van der Waals surface area contributed by atoms with Crippen LogP contribution in [0.15, 0.2) is 6.07 Å². The summed E-state index contributed by atoms with van der Waals surface area (Å²) in [6, 6.07) is 2.82. The molecule has 126 valence electrons. The summed E-state index contributed by atoms with van der Waals surface area (Å²) in [6.45, 7) is 2.04. The number of aryl methyl sites for hydroxylation is 1. The highest BCUT2D eigenvalue weighted by molar-refractivity contribution is 5.96. The van der Waals surface area contributed by atoms with Gasteiger partial charge in [-0.3, -0.25) is 9.48 Å². The molecule has 2 bridgehead atoms. The molecule has 7 nitrogen and oxygen atoms in total. The molecule has 0 aliphatic carbocycles. The molecule has 1 amide bonds. The van der Waals surface area contributed by atoms with Crippen LogP contribution in [0.2, 0.25) is 0 Å². The molecule has 0 radical (unpaired) electrons. The number of esters is 1. The number of ether oxygens (including phenoxy) is 1. The van der Waals surface area contributed by atoms with Crippen LogP contribution < -0.4 is 5.32 Å². The summed E-state index contributed by atoms with van der Waals surface area (Å²) >= 11 is 0. The van der Waals surface area contributed by atoms with E-state index in [2.05, 4.69) is 22.4 Å². The molecule has 23 heavy (non-hydrogen) atoms. The quantitative estimate of drug-likeness (QED) is 0.836. The summed E-state index contributed by atoms with van der Waals surface area (Å²) in [4.78, 5) is 26.7. The smallest absolute Gasteiger partial charge is 0.356 e. The van der Waals surface area contributed by atoms with E-state index in [1.165, 1.54) is 23.6 Å². The van der Waals surface area contributed by atoms with E-state index in [1.807, 2.05) is 0 Å². The molecule has 0 spiro atoms. The number of carbonyl (C=O) groups is 2. The number of hydrogen-bond acceptors (Lipinski definition) is 5. The number of hydrogen-bond donors (Lipinski definition) is 1. The lowest BCUT2D eigenvalue weighted by molar-refractivity contribution is 0.0513. The van der Waals surface area contributed by atoms with Crippen molar-refractivity contribution < 1.29 is 14.3 Å². The summed E-state index contributed by atoms with van der Waals surface area (Å²) in [6.07, 6.45) is 4.39. The van der Waals surface area contributed by atoms with Crippen molar-refractivity contribution in [1.82, 2.24) is 20.0 Å². The van der Waals surface area contributed by atoms with Gasteiger partial charge >= 0.3 is 5.97 Å². The Morgan fingerprint density at radius 3 is 2.57 bits per heavy atom.